The quantitative estimate of drug-likeness (QED) is 0.869. The molecule has 2 heterocycles. The van der Waals surface area contributed by atoms with Crippen LogP contribution in [0.4, 0.5) is 0 Å². The largest absolute Gasteiger partial charge is 0.493 e. The highest BCUT2D eigenvalue weighted by atomic mass is 32.2. The summed E-state index contributed by atoms with van der Waals surface area (Å²) in [5.74, 6) is -0.874. The van der Waals surface area contributed by atoms with E-state index in [4.69, 9.17) is 4.74 Å². The SMILES string of the molecule is CCOc1ccc(S(=O)(=O)N2C3CCC2C(C(=O)O)C3)c2ccccc12. The molecule has 2 aromatic carbocycles. The first-order valence-corrected chi connectivity index (χ1v) is 10.3. The summed E-state index contributed by atoms with van der Waals surface area (Å²) in [5, 5.41) is 10.8. The highest BCUT2D eigenvalue weighted by Gasteiger charge is 2.54. The van der Waals surface area contributed by atoms with E-state index in [0.29, 0.717) is 30.6 Å². The van der Waals surface area contributed by atoms with E-state index in [1.54, 1.807) is 24.3 Å². The molecule has 2 fully saturated rings. The highest BCUT2D eigenvalue weighted by molar-refractivity contribution is 7.89. The monoisotopic (exact) mass is 375 g/mol. The van der Waals surface area contributed by atoms with Crippen molar-refractivity contribution in [2.24, 2.45) is 5.92 Å². The minimum atomic E-state index is -3.78. The lowest BCUT2D eigenvalue weighted by atomic mass is 9.89. The average Bonchev–Trinajstić information content (AvgIpc) is 3.21. The van der Waals surface area contributed by atoms with E-state index in [0.717, 1.165) is 11.8 Å². The van der Waals surface area contributed by atoms with Gasteiger partial charge in [0.15, 0.2) is 0 Å². The van der Waals surface area contributed by atoms with E-state index in [2.05, 4.69) is 0 Å². The molecule has 3 atom stereocenters. The molecule has 2 saturated heterocycles. The molecule has 2 aliphatic heterocycles. The number of carboxylic acid groups (broad SMARTS) is 1. The molecular formula is C19H21NO5S. The Labute approximate surface area is 152 Å². The molecule has 1 N–H and O–H groups in total. The van der Waals surface area contributed by atoms with Crippen molar-refractivity contribution < 1.29 is 23.1 Å². The zero-order chi connectivity index (χ0) is 18.5. The lowest BCUT2D eigenvalue weighted by Crippen LogP contribution is -2.37. The van der Waals surface area contributed by atoms with Crippen LogP contribution in [-0.4, -0.2) is 42.5 Å². The second-order valence-corrected chi connectivity index (χ2v) is 8.67. The van der Waals surface area contributed by atoms with Gasteiger partial charge in [-0.3, -0.25) is 4.79 Å². The Morgan fingerprint density at radius 1 is 1.19 bits per heavy atom. The van der Waals surface area contributed by atoms with Crippen LogP contribution in [0.5, 0.6) is 5.75 Å². The van der Waals surface area contributed by atoms with Gasteiger partial charge in [0.05, 0.1) is 17.4 Å². The number of ether oxygens (including phenoxy) is 1. The molecule has 0 aliphatic carbocycles. The molecule has 0 amide bonds. The number of nitrogens with zero attached hydrogens (tertiary/aromatic N) is 1. The van der Waals surface area contributed by atoms with Crippen molar-refractivity contribution >= 4 is 26.8 Å². The van der Waals surface area contributed by atoms with Crippen LogP contribution in [0.2, 0.25) is 0 Å². The van der Waals surface area contributed by atoms with E-state index < -0.39 is 28.0 Å². The number of sulfonamides is 1. The minimum Gasteiger partial charge on any atom is -0.493 e. The summed E-state index contributed by atoms with van der Waals surface area (Å²) >= 11 is 0. The van der Waals surface area contributed by atoms with E-state index in [-0.39, 0.29) is 10.9 Å². The fraction of sp³-hybridized carbons (Fsp3) is 0.421. The number of benzene rings is 2. The number of aliphatic carboxylic acids is 1. The molecule has 3 unspecified atom stereocenters. The van der Waals surface area contributed by atoms with Gasteiger partial charge in [0, 0.05) is 22.9 Å². The topological polar surface area (TPSA) is 83.9 Å². The van der Waals surface area contributed by atoms with Crippen molar-refractivity contribution in [3.63, 3.8) is 0 Å². The van der Waals surface area contributed by atoms with Gasteiger partial charge in [0.1, 0.15) is 5.75 Å². The molecule has 7 heteroatoms. The number of hydrogen-bond donors (Lipinski definition) is 1. The van der Waals surface area contributed by atoms with Crippen molar-refractivity contribution in [1.29, 1.82) is 0 Å². The lowest BCUT2D eigenvalue weighted by molar-refractivity contribution is -0.142. The zero-order valence-electron chi connectivity index (χ0n) is 14.5. The van der Waals surface area contributed by atoms with Crippen molar-refractivity contribution in [1.82, 2.24) is 4.31 Å². The van der Waals surface area contributed by atoms with E-state index in [9.17, 15) is 18.3 Å². The predicted molar refractivity (Wildman–Crippen MR) is 96.7 cm³/mol. The van der Waals surface area contributed by atoms with Crippen molar-refractivity contribution in [3.05, 3.63) is 36.4 Å². The van der Waals surface area contributed by atoms with Gasteiger partial charge in [-0.1, -0.05) is 24.3 Å². The zero-order valence-corrected chi connectivity index (χ0v) is 15.3. The van der Waals surface area contributed by atoms with Gasteiger partial charge in [-0.05, 0) is 38.3 Å². The van der Waals surface area contributed by atoms with Gasteiger partial charge in [-0.25, -0.2) is 8.42 Å². The maximum absolute atomic E-state index is 13.4. The summed E-state index contributed by atoms with van der Waals surface area (Å²) in [5.41, 5.74) is 0. The molecule has 4 rings (SSSR count). The van der Waals surface area contributed by atoms with Gasteiger partial charge < -0.3 is 9.84 Å². The Bertz CT molecular complexity index is 971. The Balaban J connectivity index is 1.83. The van der Waals surface area contributed by atoms with Crippen molar-refractivity contribution in [3.8, 4) is 5.75 Å². The number of rotatable bonds is 5. The first-order valence-electron chi connectivity index (χ1n) is 8.86. The highest BCUT2D eigenvalue weighted by Crippen LogP contribution is 2.46. The Morgan fingerprint density at radius 2 is 1.92 bits per heavy atom. The van der Waals surface area contributed by atoms with Gasteiger partial charge in [0.25, 0.3) is 0 Å². The molecule has 0 radical (unpaired) electrons. The van der Waals surface area contributed by atoms with Crippen LogP contribution in [0, 0.1) is 5.92 Å². The van der Waals surface area contributed by atoms with E-state index in [1.807, 2.05) is 19.1 Å². The Kier molecular flexibility index (Phi) is 4.16. The summed E-state index contributed by atoms with van der Waals surface area (Å²) in [6, 6.07) is 9.86. The van der Waals surface area contributed by atoms with Crippen LogP contribution in [-0.2, 0) is 14.8 Å². The minimum absolute atomic E-state index is 0.222. The smallest absolute Gasteiger partial charge is 0.308 e. The van der Waals surface area contributed by atoms with Crippen LogP contribution < -0.4 is 4.74 Å². The fourth-order valence-electron chi connectivity index (χ4n) is 4.44. The molecular weight excluding hydrogens is 354 g/mol. The molecule has 2 aromatic rings. The molecule has 0 saturated carbocycles. The number of carboxylic acids is 1. The molecule has 0 spiro atoms. The van der Waals surface area contributed by atoms with Gasteiger partial charge in [-0.15, -0.1) is 0 Å². The van der Waals surface area contributed by atoms with Gasteiger partial charge in [0.2, 0.25) is 10.0 Å². The summed E-state index contributed by atoms with van der Waals surface area (Å²) in [7, 11) is -3.78. The molecule has 138 valence electrons. The van der Waals surface area contributed by atoms with Crippen LogP contribution in [0.15, 0.2) is 41.3 Å². The third-order valence-electron chi connectivity index (χ3n) is 5.49. The Morgan fingerprint density at radius 3 is 2.58 bits per heavy atom. The van der Waals surface area contributed by atoms with Crippen LogP contribution in [0.3, 0.4) is 0 Å². The number of fused-ring (bicyclic) bond motifs is 3. The van der Waals surface area contributed by atoms with E-state index >= 15 is 0 Å². The summed E-state index contributed by atoms with van der Waals surface area (Å²) in [6.07, 6.45) is 1.73. The molecule has 2 aliphatic rings. The van der Waals surface area contributed by atoms with Crippen molar-refractivity contribution in [2.75, 3.05) is 6.61 Å². The summed E-state index contributed by atoms with van der Waals surface area (Å²) < 4.78 is 34.0. The van der Waals surface area contributed by atoms with Crippen LogP contribution in [0.25, 0.3) is 10.8 Å². The maximum atomic E-state index is 13.4. The Hall–Kier alpha value is -2.12. The maximum Gasteiger partial charge on any atom is 0.308 e. The van der Waals surface area contributed by atoms with Crippen molar-refractivity contribution in [2.45, 2.75) is 43.2 Å². The van der Waals surface area contributed by atoms with Gasteiger partial charge in [-0.2, -0.15) is 4.31 Å². The molecule has 0 aromatic heterocycles. The van der Waals surface area contributed by atoms with Crippen LogP contribution >= 0.6 is 0 Å². The average molecular weight is 375 g/mol. The normalized spacial score (nSPS) is 25.7. The third kappa shape index (κ3) is 2.49. The summed E-state index contributed by atoms with van der Waals surface area (Å²) in [4.78, 5) is 11.7. The first-order chi connectivity index (χ1) is 12.4. The molecule has 2 bridgehead atoms. The third-order valence-corrected chi connectivity index (χ3v) is 7.53. The van der Waals surface area contributed by atoms with Gasteiger partial charge >= 0.3 is 5.97 Å². The second-order valence-electron chi connectivity index (χ2n) is 6.85. The predicted octanol–water partition coefficient (Wildman–Crippen LogP) is 2.86. The number of carbonyl (C=O) groups is 1. The fourth-order valence-corrected chi connectivity index (χ4v) is 6.56. The molecule has 6 nitrogen and oxygen atoms in total. The number of hydrogen-bond acceptors (Lipinski definition) is 4. The van der Waals surface area contributed by atoms with Crippen LogP contribution in [0.1, 0.15) is 26.2 Å². The molecule has 26 heavy (non-hydrogen) atoms. The lowest BCUT2D eigenvalue weighted by Gasteiger charge is -2.23. The second kappa shape index (κ2) is 6.25. The van der Waals surface area contributed by atoms with E-state index in [1.165, 1.54) is 4.31 Å². The first kappa shape index (κ1) is 17.3. The summed E-state index contributed by atoms with van der Waals surface area (Å²) in [6.45, 7) is 2.38. The standard InChI is InChI=1S/C19H21NO5S/c1-2-25-17-9-10-18(14-6-4-3-5-13(14)17)26(23,24)20-12-7-8-16(20)15(11-12)19(21)22/h3-6,9-10,12,15-16H,2,7-8,11H2,1H3,(H,21,22).